The molecule has 2 aromatic rings. The van der Waals surface area contributed by atoms with Crippen LogP contribution in [-0.4, -0.2) is 18.5 Å². The largest absolute Gasteiger partial charge is 0.506 e. The van der Waals surface area contributed by atoms with E-state index in [0.29, 0.717) is 0 Å². The summed E-state index contributed by atoms with van der Waals surface area (Å²) in [6, 6.07) is 8.58. The van der Waals surface area contributed by atoms with Gasteiger partial charge in [0.15, 0.2) is 0 Å². The average Bonchev–Trinajstić information content (AvgIpc) is 2.32. The number of sulfonamides is 1. The molecule has 2 N–H and O–H groups in total. The van der Waals surface area contributed by atoms with Gasteiger partial charge in [-0.3, -0.25) is 4.72 Å². The number of para-hydroxylation sites is 2. The number of halogens is 1. The third-order valence-corrected chi connectivity index (χ3v) is 3.73. The van der Waals surface area contributed by atoms with Gasteiger partial charge in [-0.1, -0.05) is 23.7 Å². The zero-order valence-electron chi connectivity index (χ0n) is 9.04. The van der Waals surface area contributed by atoms with Crippen molar-refractivity contribution < 1.29 is 13.5 Å². The molecule has 0 bridgehead atoms. The Labute approximate surface area is 109 Å². The molecule has 0 aliphatic heterocycles. The molecule has 0 saturated carbocycles. The molecule has 0 aliphatic rings. The summed E-state index contributed by atoms with van der Waals surface area (Å²) in [6.07, 6.45) is 1.29. The summed E-state index contributed by atoms with van der Waals surface area (Å²) in [7, 11) is -3.79. The fourth-order valence-corrected chi connectivity index (χ4v) is 2.64. The fraction of sp³-hybridized carbons (Fsp3) is 0. The lowest BCUT2D eigenvalue weighted by atomic mass is 10.3. The molecule has 0 aliphatic carbocycles. The van der Waals surface area contributed by atoms with Crippen LogP contribution in [0, 0.1) is 0 Å². The van der Waals surface area contributed by atoms with Gasteiger partial charge in [0.05, 0.1) is 10.6 Å². The van der Waals surface area contributed by atoms with Crippen LogP contribution >= 0.6 is 11.6 Å². The Morgan fingerprint density at radius 1 is 1.22 bits per heavy atom. The van der Waals surface area contributed by atoms with Gasteiger partial charge in [-0.2, -0.15) is 0 Å². The first kappa shape index (κ1) is 12.7. The van der Waals surface area contributed by atoms with Crippen molar-refractivity contribution in [1.29, 1.82) is 0 Å². The van der Waals surface area contributed by atoms with Gasteiger partial charge < -0.3 is 5.11 Å². The number of anilines is 1. The SMILES string of the molecule is O=S(=O)(Nc1ccccc1O)c1ccnc(Cl)c1. The zero-order valence-corrected chi connectivity index (χ0v) is 10.6. The standard InChI is InChI=1S/C11H9ClN2O3S/c12-11-7-8(5-6-13-11)18(16,17)14-9-3-1-2-4-10(9)15/h1-7,14-15H. The van der Waals surface area contributed by atoms with Crippen molar-refractivity contribution in [3.05, 3.63) is 47.7 Å². The van der Waals surface area contributed by atoms with E-state index in [0.717, 1.165) is 0 Å². The van der Waals surface area contributed by atoms with Crippen molar-refractivity contribution in [3.63, 3.8) is 0 Å². The van der Waals surface area contributed by atoms with Crippen LogP contribution in [0.3, 0.4) is 0 Å². The Morgan fingerprint density at radius 3 is 2.61 bits per heavy atom. The number of nitrogens with zero attached hydrogens (tertiary/aromatic N) is 1. The van der Waals surface area contributed by atoms with Crippen molar-refractivity contribution in [3.8, 4) is 5.75 Å². The quantitative estimate of drug-likeness (QED) is 0.669. The predicted octanol–water partition coefficient (Wildman–Crippen LogP) is 2.24. The minimum Gasteiger partial charge on any atom is -0.506 e. The average molecular weight is 285 g/mol. The molecule has 0 unspecified atom stereocenters. The maximum atomic E-state index is 12.0. The first-order valence-electron chi connectivity index (χ1n) is 4.91. The van der Waals surface area contributed by atoms with Crippen LogP contribution in [0.25, 0.3) is 0 Å². The van der Waals surface area contributed by atoms with E-state index in [1.165, 1.54) is 30.5 Å². The number of aromatic nitrogens is 1. The lowest BCUT2D eigenvalue weighted by Crippen LogP contribution is -2.13. The second-order valence-electron chi connectivity index (χ2n) is 3.44. The molecule has 18 heavy (non-hydrogen) atoms. The normalized spacial score (nSPS) is 11.2. The Hall–Kier alpha value is -1.79. The molecule has 0 spiro atoms. The molecule has 0 atom stereocenters. The lowest BCUT2D eigenvalue weighted by Gasteiger charge is -2.09. The van der Waals surface area contributed by atoms with Gasteiger partial charge >= 0.3 is 0 Å². The molecule has 0 saturated heterocycles. The summed E-state index contributed by atoms with van der Waals surface area (Å²) in [5, 5.41) is 9.59. The van der Waals surface area contributed by atoms with Crippen LogP contribution in [-0.2, 0) is 10.0 Å². The third kappa shape index (κ3) is 2.72. The molecule has 2 rings (SSSR count). The van der Waals surface area contributed by atoms with E-state index in [4.69, 9.17) is 11.6 Å². The van der Waals surface area contributed by atoms with E-state index in [-0.39, 0.29) is 21.5 Å². The Bertz CT molecular complexity index is 673. The van der Waals surface area contributed by atoms with E-state index >= 15 is 0 Å². The smallest absolute Gasteiger partial charge is 0.262 e. The molecule has 0 radical (unpaired) electrons. The number of phenolic OH excluding ortho intramolecular Hbond substituents is 1. The van der Waals surface area contributed by atoms with E-state index in [1.54, 1.807) is 12.1 Å². The third-order valence-electron chi connectivity index (χ3n) is 2.16. The molecule has 1 aromatic heterocycles. The monoisotopic (exact) mass is 284 g/mol. The summed E-state index contributed by atoms with van der Waals surface area (Å²) in [5.41, 5.74) is 0.102. The number of nitrogens with one attached hydrogen (secondary N) is 1. The number of hydrogen-bond acceptors (Lipinski definition) is 4. The van der Waals surface area contributed by atoms with Crippen molar-refractivity contribution in [2.75, 3.05) is 4.72 Å². The van der Waals surface area contributed by atoms with Crippen LogP contribution in [0.2, 0.25) is 5.15 Å². The molecular weight excluding hydrogens is 276 g/mol. The number of rotatable bonds is 3. The number of pyridine rings is 1. The van der Waals surface area contributed by atoms with Gasteiger partial charge in [0.25, 0.3) is 10.0 Å². The minimum atomic E-state index is -3.79. The molecular formula is C11H9ClN2O3S. The van der Waals surface area contributed by atoms with Gasteiger partial charge in [-0.25, -0.2) is 13.4 Å². The van der Waals surface area contributed by atoms with Crippen LogP contribution in [0.4, 0.5) is 5.69 Å². The maximum Gasteiger partial charge on any atom is 0.262 e. The molecule has 1 heterocycles. The van der Waals surface area contributed by atoms with Crippen molar-refractivity contribution in [2.45, 2.75) is 4.90 Å². The highest BCUT2D eigenvalue weighted by Gasteiger charge is 2.16. The topological polar surface area (TPSA) is 79.3 Å². The molecule has 5 nitrogen and oxygen atoms in total. The summed E-state index contributed by atoms with van der Waals surface area (Å²) >= 11 is 5.63. The zero-order chi connectivity index (χ0) is 13.2. The van der Waals surface area contributed by atoms with Gasteiger partial charge in [0, 0.05) is 6.20 Å². The summed E-state index contributed by atoms with van der Waals surface area (Å²) < 4.78 is 26.3. The maximum absolute atomic E-state index is 12.0. The molecule has 7 heteroatoms. The van der Waals surface area contributed by atoms with Crippen molar-refractivity contribution in [2.24, 2.45) is 0 Å². The Balaban J connectivity index is 2.37. The fourth-order valence-electron chi connectivity index (χ4n) is 1.32. The second-order valence-corrected chi connectivity index (χ2v) is 5.51. The van der Waals surface area contributed by atoms with E-state index in [1.807, 2.05) is 0 Å². The molecule has 0 fully saturated rings. The van der Waals surface area contributed by atoms with Crippen LogP contribution in [0.1, 0.15) is 0 Å². The lowest BCUT2D eigenvalue weighted by molar-refractivity contribution is 0.477. The van der Waals surface area contributed by atoms with Crippen LogP contribution < -0.4 is 4.72 Å². The van der Waals surface area contributed by atoms with Crippen molar-refractivity contribution >= 4 is 27.3 Å². The van der Waals surface area contributed by atoms with Gasteiger partial charge in [-0.15, -0.1) is 0 Å². The molecule has 94 valence electrons. The van der Waals surface area contributed by atoms with E-state index in [9.17, 15) is 13.5 Å². The highest BCUT2D eigenvalue weighted by molar-refractivity contribution is 7.92. The predicted molar refractivity (Wildman–Crippen MR) is 68.2 cm³/mol. The summed E-state index contributed by atoms with van der Waals surface area (Å²) in [4.78, 5) is 3.68. The number of phenols is 1. The summed E-state index contributed by atoms with van der Waals surface area (Å²) in [6.45, 7) is 0. The second kappa shape index (κ2) is 4.83. The highest BCUT2D eigenvalue weighted by atomic mass is 35.5. The first-order valence-corrected chi connectivity index (χ1v) is 6.77. The van der Waals surface area contributed by atoms with Crippen LogP contribution in [0.15, 0.2) is 47.5 Å². The van der Waals surface area contributed by atoms with Gasteiger partial charge in [0.1, 0.15) is 10.9 Å². The Morgan fingerprint density at radius 2 is 1.94 bits per heavy atom. The number of hydrogen-bond donors (Lipinski definition) is 2. The number of aromatic hydroxyl groups is 1. The summed E-state index contributed by atoms with van der Waals surface area (Å²) in [5.74, 6) is -0.152. The molecule has 0 amide bonds. The Kier molecular flexibility index (Phi) is 3.40. The minimum absolute atomic E-state index is 0.0225. The van der Waals surface area contributed by atoms with E-state index < -0.39 is 10.0 Å². The van der Waals surface area contributed by atoms with E-state index in [2.05, 4.69) is 9.71 Å². The van der Waals surface area contributed by atoms with Crippen LogP contribution in [0.5, 0.6) is 5.75 Å². The van der Waals surface area contributed by atoms with Gasteiger partial charge in [0.2, 0.25) is 0 Å². The first-order chi connectivity index (χ1) is 8.49. The molecule has 1 aromatic carbocycles. The van der Waals surface area contributed by atoms with Gasteiger partial charge in [-0.05, 0) is 24.3 Å². The number of benzene rings is 1. The highest BCUT2D eigenvalue weighted by Crippen LogP contribution is 2.25. The van der Waals surface area contributed by atoms with Crippen molar-refractivity contribution in [1.82, 2.24) is 4.98 Å².